The predicted octanol–water partition coefficient (Wildman–Crippen LogP) is 1.39. The first kappa shape index (κ1) is 15.7. The van der Waals surface area contributed by atoms with Crippen LogP contribution in [-0.4, -0.2) is 35.3 Å². The van der Waals surface area contributed by atoms with Gasteiger partial charge in [0.15, 0.2) is 15.5 Å². The van der Waals surface area contributed by atoms with Crippen molar-refractivity contribution in [2.75, 3.05) is 11.1 Å². The zero-order valence-electron chi connectivity index (χ0n) is 13.1. The summed E-state index contributed by atoms with van der Waals surface area (Å²) in [5.41, 5.74) is 7.89. The van der Waals surface area contributed by atoms with Gasteiger partial charge in [-0.05, 0) is 30.2 Å². The maximum absolute atomic E-state index is 12.6. The standard InChI is InChI=1S/C16H15N5O3S/c17-12-4-6-25(23,24)14-7-9(1-2-10(12)14)16(22)20-13-3-5-18-15-11(13)8-19-21-15/h1-3,5,7-8,12H,4,6,17H2,(H2,18,19,20,21,22)/t12-/m1/s1. The van der Waals surface area contributed by atoms with Crippen LogP contribution >= 0.6 is 0 Å². The summed E-state index contributed by atoms with van der Waals surface area (Å²) < 4.78 is 24.6. The lowest BCUT2D eigenvalue weighted by Gasteiger charge is -2.22. The molecule has 3 heterocycles. The Hall–Kier alpha value is -2.78. The number of nitrogens with two attached hydrogens (primary N) is 1. The number of aromatic nitrogens is 3. The highest BCUT2D eigenvalue weighted by molar-refractivity contribution is 7.91. The van der Waals surface area contributed by atoms with Crippen LogP contribution in [0.4, 0.5) is 5.69 Å². The summed E-state index contributed by atoms with van der Waals surface area (Å²) in [7, 11) is -3.41. The average molecular weight is 357 g/mol. The molecule has 2 aromatic heterocycles. The number of aromatic amines is 1. The number of nitrogens with zero attached hydrogens (tertiary/aromatic N) is 2. The van der Waals surface area contributed by atoms with Crippen molar-refractivity contribution in [1.29, 1.82) is 0 Å². The molecule has 0 unspecified atom stereocenters. The molecule has 3 aromatic rings. The zero-order chi connectivity index (χ0) is 17.6. The molecule has 4 N–H and O–H groups in total. The Morgan fingerprint density at radius 1 is 1.32 bits per heavy atom. The molecule has 128 valence electrons. The van der Waals surface area contributed by atoms with Crippen molar-refractivity contribution < 1.29 is 13.2 Å². The average Bonchev–Trinajstić information content (AvgIpc) is 3.08. The van der Waals surface area contributed by atoms with E-state index in [1.54, 1.807) is 30.6 Å². The van der Waals surface area contributed by atoms with Crippen LogP contribution in [0.3, 0.4) is 0 Å². The summed E-state index contributed by atoms with van der Waals surface area (Å²) in [4.78, 5) is 16.8. The highest BCUT2D eigenvalue weighted by Crippen LogP contribution is 2.31. The normalized spacial score (nSPS) is 18.7. The van der Waals surface area contributed by atoms with Crippen molar-refractivity contribution in [2.45, 2.75) is 17.4 Å². The Balaban J connectivity index is 1.71. The van der Waals surface area contributed by atoms with Crippen LogP contribution in [0.1, 0.15) is 28.4 Å². The molecule has 25 heavy (non-hydrogen) atoms. The Morgan fingerprint density at radius 2 is 2.16 bits per heavy atom. The van der Waals surface area contributed by atoms with E-state index in [1.807, 2.05) is 0 Å². The van der Waals surface area contributed by atoms with Crippen molar-refractivity contribution in [3.05, 3.63) is 47.8 Å². The van der Waals surface area contributed by atoms with Gasteiger partial charge in [0.2, 0.25) is 0 Å². The van der Waals surface area contributed by atoms with Gasteiger partial charge in [0.1, 0.15) is 0 Å². The number of hydrogen-bond donors (Lipinski definition) is 3. The lowest BCUT2D eigenvalue weighted by molar-refractivity contribution is 0.102. The van der Waals surface area contributed by atoms with Crippen molar-refractivity contribution in [3.63, 3.8) is 0 Å². The minimum Gasteiger partial charge on any atom is -0.324 e. The second kappa shape index (κ2) is 5.64. The molecule has 0 aliphatic carbocycles. The summed E-state index contributed by atoms with van der Waals surface area (Å²) in [6, 6.07) is 5.92. The number of amides is 1. The molecule has 1 aromatic carbocycles. The molecule has 1 aliphatic rings. The monoisotopic (exact) mass is 357 g/mol. The first-order chi connectivity index (χ1) is 12.0. The topological polar surface area (TPSA) is 131 Å². The number of hydrogen-bond acceptors (Lipinski definition) is 6. The third-order valence-corrected chi connectivity index (χ3v) is 6.11. The fourth-order valence-electron chi connectivity index (χ4n) is 2.95. The van der Waals surface area contributed by atoms with Crippen LogP contribution in [0, 0.1) is 0 Å². The fraction of sp³-hybridized carbons (Fsp3) is 0.188. The van der Waals surface area contributed by atoms with E-state index in [0.717, 1.165) is 0 Å². The van der Waals surface area contributed by atoms with Crippen LogP contribution in [0.15, 0.2) is 41.6 Å². The van der Waals surface area contributed by atoms with Gasteiger partial charge in [-0.15, -0.1) is 0 Å². The number of benzene rings is 1. The van der Waals surface area contributed by atoms with E-state index in [-0.39, 0.29) is 22.3 Å². The van der Waals surface area contributed by atoms with E-state index in [0.29, 0.717) is 28.7 Å². The van der Waals surface area contributed by atoms with Gasteiger partial charge in [-0.3, -0.25) is 9.89 Å². The first-order valence-corrected chi connectivity index (χ1v) is 9.33. The largest absolute Gasteiger partial charge is 0.324 e. The van der Waals surface area contributed by atoms with E-state index in [9.17, 15) is 13.2 Å². The van der Waals surface area contributed by atoms with Crippen molar-refractivity contribution in [1.82, 2.24) is 15.2 Å². The number of carbonyl (C=O) groups excluding carboxylic acids is 1. The SMILES string of the molecule is N[C@@H]1CCS(=O)(=O)c2cc(C(=O)Nc3ccnc4[nH]ncc34)ccc21. The highest BCUT2D eigenvalue weighted by atomic mass is 32.2. The van der Waals surface area contributed by atoms with Crippen molar-refractivity contribution in [2.24, 2.45) is 5.73 Å². The first-order valence-electron chi connectivity index (χ1n) is 7.67. The van der Waals surface area contributed by atoms with E-state index >= 15 is 0 Å². The molecule has 0 spiro atoms. The number of fused-ring (bicyclic) bond motifs is 2. The van der Waals surface area contributed by atoms with Crippen LogP contribution in [0.2, 0.25) is 0 Å². The maximum Gasteiger partial charge on any atom is 0.255 e. The molecule has 1 amide bonds. The minimum absolute atomic E-state index is 0.00770. The van der Waals surface area contributed by atoms with Gasteiger partial charge in [0, 0.05) is 17.8 Å². The predicted molar refractivity (Wildman–Crippen MR) is 91.9 cm³/mol. The van der Waals surface area contributed by atoms with E-state index in [4.69, 9.17) is 5.73 Å². The third-order valence-electron chi connectivity index (χ3n) is 4.31. The summed E-state index contributed by atoms with van der Waals surface area (Å²) in [6.45, 7) is 0. The minimum atomic E-state index is -3.41. The number of sulfone groups is 1. The molecule has 1 atom stereocenters. The summed E-state index contributed by atoms with van der Waals surface area (Å²) >= 11 is 0. The van der Waals surface area contributed by atoms with Crippen LogP contribution in [0.5, 0.6) is 0 Å². The molecule has 0 saturated carbocycles. The van der Waals surface area contributed by atoms with E-state index in [1.165, 1.54) is 6.07 Å². The number of H-pyrrole nitrogens is 1. The summed E-state index contributed by atoms with van der Waals surface area (Å²) in [5.74, 6) is -0.419. The number of carbonyl (C=O) groups is 1. The van der Waals surface area contributed by atoms with Crippen LogP contribution in [-0.2, 0) is 9.84 Å². The number of nitrogens with one attached hydrogen (secondary N) is 2. The molecule has 9 heteroatoms. The molecule has 1 aliphatic heterocycles. The molecule has 0 fully saturated rings. The van der Waals surface area contributed by atoms with Gasteiger partial charge in [-0.2, -0.15) is 5.10 Å². The Bertz CT molecular complexity index is 1090. The van der Waals surface area contributed by atoms with E-state index in [2.05, 4.69) is 20.5 Å². The number of anilines is 1. The van der Waals surface area contributed by atoms with Crippen molar-refractivity contribution in [3.8, 4) is 0 Å². The van der Waals surface area contributed by atoms with Gasteiger partial charge in [0.05, 0.1) is 27.9 Å². The molecular formula is C16H15N5O3S. The van der Waals surface area contributed by atoms with Crippen LogP contribution < -0.4 is 11.1 Å². The third kappa shape index (κ3) is 2.67. The molecule has 0 saturated heterocycles. The number of rotatable bonds is 2. The summed E-state index contributed by atoms with van der Waals surface area (Å²) in [6.07, 6.45) is 3.50. The zero-order valence-corrected chi connectivity index (χ0v) is 13.9. The molecule has 4 rings (SSSR count). The second-order valence-corrected chi connectivity index (χ2v) is 7.99. The summed E-state index contributed by atoms with van der Waals surface area (Å²) in [5, 5.41) is 10.1. The maximum atomic E-state index is 12.6. The van der Waals surface area contributed by atoms with Gasteiger partial charge in [-0.1, -0.05) is 6.07 Å². The van der Waals surface area contributed by atoms with Crippen molar-refractivity contribution >= 4 is 32.5 Å². The van der Waals surface area contributed by atoms with Gasteiger partial charge >= 0.3 is 0 Å². The smallest absolute Gasteiger partial charge is 0.255 e. The molecule has 0 bridgehead atoms. The highest BCUT2D eigenvalue weighted by Gasteiger charge is 2.29. The quantitative estimate of drug-likeness (QED) is 0.635. The second-order valence-electron chi connectivity index (χ2n) is 5.91. The molecular weight excluding hydrogens is 342 g/mol. The lowest BCUT2D eigenvalue weighted by atomic mass is 10.0. The Kier molecular flexibility index (Phi) is 3.55. The van der Waals surface area contributed by atoms with Gasteiger partial charge in [0.25, 0.3) is 5.91 Å². The fourth-order valence-corrected chi connectivity index (χ4v) is 4.62. The molecule has 8 nitrogen and oxygen atoms in total. The Morgan fingerprint density at radius 3 is 3.00 bits per heavy atom. The molecule has 0 radical (unpaired) electrons. The van der Waals surface area contributed by atoms with Gasteiger partial charge in [-0.25, -0.2) is 13.4 Å². The van der Waals surface area contributed by atoms with Gasteiger partial charge < -0.3 is 11.1 Å². The lowest BCUT2D eigenvalue weighted by Crippen LogP contribution is -2.25. The Labute approximate surface area is 143 Å². The van der Waals surface area contributed by atoms with E-state index < -0.39 is 15.7 Å². The van der Waals surface area contributed by atoms with Crippen LogP contribution in [0.25, 0.3) is 11.0 Å². The number of pyridine rings is 1.